The maximum Gasteiger partial charge on any atom is 0.0940 e. The number of benzene rings is 1. The van der Waals surface area contributed by atoms with Crippen LogP contribution in [-0.4, -0.2) is 15.1 Å². The molecular formula is C11H12N2O. The van der Waals surface area contributed by atoms with Gasteiger partial charge in [-0.05, 0) is 24.8 Å². The Hall–Kier alpha value is -1.35. The predicted molar refractivity (Wildman–Crippen MR) is 53.8 cm³/mol. The number of H-pyrrole nitrogens is 1. The molecule has 1 aromatic carbocycles. The van der Waals surface area contributed by atoms with Gasteiger partial charge in [0.1, 0.15) is 0 Å². The third-order valence-electron chi connectivity index (χ3n) is 2.87. The molecule has 14 heavy (non-hydrogen) atoms. The van der Waals surface area contributed by atoms with E-state index in [1.165, 1.54) is 0 Å². The second kappa shape index (κ2) is 2.82. The van der Waals surface area contributed by atoms with E-state index in [2.05, 4.69) is 9.97 Å². The molecule has 1 aliphatic rings. The van der Waals surface area contributed by atoms with Crippen LogP contribution in [0.15, 0.2) is 24.5 Å². The second-order valence-corrected chi connectivity index (χ2v) is 3.93. The van der Waals surface area contributed by atoms with E-state index in [1.54, 1.807) is 6.33 Å². The van der Waals surface area contributed by atoms with Crippen molar-refractivity contribution >= 4 is 11.0 Å². The van der Waals surface area contributed by atoms with E-state index < -0.39 is 0 Å². The zero-order valence-electron chi connectivity index (χ0n) is 7.77. The number of nitrogens with zero attached hydrogens (tertiary/aromatic N) is 1. The van der Waals surface area contributed by atoms with Crippen LogP contribution in [0, 0.1) is 5.92 Å². The lowest BCUT2D eigenvalue weighted by atomic mass is 10.0. The minimum Gasteiger partial charge on any atom is -0.388 e. The highest BCUT2D eigenvalue weighted by Crippen LogP contribution is 2.42. The number of fused-ring (bicyclic) bond motifs is 1. The fourth-order valence-electron chi connectivity index (χ4n) is 1.89. The minimum absolute atomic E-state index is 0.331. The summed E-state index contributed by atoms with van der Waals surface area (Å²) < 4.78 is 0. The molecule has 1 aliphatic carbocycles. The molecular weight excluding hydrogens is 176 g/mol. The van der Waals surface area contributed by atoms with Gasteiger partial charge in [-0.1, -0.05) is 12.1 Å². The molecule has 0 saturated heterocycles. The highest BCUT2D eigenvalue weighted by molar-refractivity contribution is 5.78. The van der Waals surface area contributed by atoms with E-state index in [-0.39, 0.29) is 6.10 Å². The van der Waals surface area contributed by atoms with Crippen molar-refractivity contribution in [3.8, 4) is 0 Å². The molecule has 72 valence electrons. The zero-order chi connectivity index (χ0) is 9.54. The van der Waals surface area contributed by atoms with E-state index >= 15 is 0 Å². The van der Waals surface area contributed by atoms with Gasteiger partial charge in [0.25, 0.3) is 0 Å². The van der Waals surface area contributed by atoms with Crippen molar-refractivity contribution in [1.82, 2.24) is 9.97 Å². The highest BCUT2D eigenvalue weighted by atomic mass is 16.3. The average Bonchev–Trinajstić information content (AvgIpc) is 2.94. The summed E-state index contributed by atoms with van der Waals surface area (Å²) in [5.41, 5.74) is 2.88. The molecule has 3 nitrogen and oxygen atoms in total. The first-order valence-corrected chi connectivity index (χ1v) is 4.96. The van der Waals surface area contributed by atoms with Gasteiger partial charge in [-0.3, -0.25) is 0 Å². The Bertz CT molecular complexity index is 459. The van der Waals surface area contributed by atoms with Crippen LogP contribution < -0.4 is 0 Å². The van der Waals surface area contributed by atoms with Crippen LogP contribution in [0.4, 0.5) is 0 Å². The Morgan fingerprint density at radius 3 is 3.07 bits per heavy atom. The maximum atomic E-state index is 10.0. The summed E-state index contributed by atoms with van der Waals surface area (Å²) in [4.78, 5) is 7.29. The molecule has 3 heteroatoms. The normalized spacial score (nSPS) is 18.6. The fraction of sp³-hybridized carbons (Fsp3) is 0.364. The molecule has 0 bridgehead atoms. The Kier molecular flexibility index (Phi) is 1.61. The Balaban J connectivity index is 2.14. The third kappa shape index (κ3) is 1.13. The van der Waals surface area contributed by atoms with Gasteiger partial charge in [0.05, 0.1) is 23.5 Å². The van der Waals surface area contributed by atoms with Crippen LogP contribution >= 0.6 is 0 Å². The molecule has 2 aromatic rings. The summed E-state index contributed by atoms with van der Waals surface area (Å²) in [5.74, 6) is 0.456. The van der Waals surface area contributed by atoms with Gasteiger partial charge in [0.15, 0.2) is 0 Å². The largest absolute Gasteiger partial charge is 0.388 e. The van der Waals surface area contributed by atoms with Crippen molar-refractivity contribution in [3.63, 3.8) is 0 Å². The van der Waals surface area contributed by atoms with Crippen molar-refractivity contribution in [2.75, 3.05) is 0 Å². The van der Waals surface area contributed by atoms with E-state index in [9.17, 15) is 5.11 Å². The molecule has 0 amide bonds. The topological polar surface area (TPSA) is 48.9 Å². The van der Waals surface area contributed by atoms with Gasteiger partial charge >= 0.3 is 0 Å². The summed E-state index contributed by atoms with van der Waals surface area (Å²) >= 11 is 0. The van der Waals surface area contributed by atoms with Crippen LogP contribution in [0.1, 0.15) is 24.5 Å². The van der Waals surface area contributed by atoms with Crippen molar-refractivity contribution in [1.29, 1.82) is 0 Å². The quantitative estimate of drug-likeness (QED) is 0.757. The number of imidazole rings is 1. The van der Waals surface area contributed by atoms with Crippen LogP contribution in [0.3, 0.4) is 0 Å². The molecule has 0 aliphatic heterocycles. The molecule has 2 N–H and O–H groups in total. The first-order chi connectivity index (χ1) is 6.86. The fourth-order valence-corrected chi connectivity index (χ4v) is 1.89. The molecule has 0 radical (unpaired) electrons. The van der Waals surface area contributed by atoms with E-state index in [0.717, 1.165) is 29.4 Å². The summed E-state index contributed by atoms with van der Waals surface area (Å²) in [7, 11) is 0. The predicted octanol–water partition coefficient (Wildman–Crippen LogP) is 2.01. The van der Waals surface area contributed by atoms with E-state index in [1.807, 2.05) is 18.2 Å². The summed E-state index contributed by atoms with van der Waals surface area (Å²) in [6.45, 7) is 0. The SMILES string of the molecule is OC(c1cccc2[nH]cnc12)C1CC1. The van der Waals surface area contributed by atoms with Gasteiger partial charge < -0.3 is 10.1 Å². The van der Waals surface area contributed by atoms with Crippen LogP contribution in [0.25, 0.3) is 11.0 Å². The molecule has 1 fully saturated rings. The average molecular weight is 188 g/mol. The molecule has 3 rings (SSSR count). The van der Waals surface area contributed by atoms with Crippen molar-refractivity contribution < 1.29 is 5.11 Å². The van der Waals surface area contributed by atoms with Gasteiger partial charge in [0, 0.05) is 5.56 Å². The molecule has 1 saturated carbocycles. The number of hydrogen-bond acceptors (Lipinski definition) is 2. The summed E-state index contributed by atoms with van der Waals surface area (Å²) in [6, 6.07) is 5.90. The lowest BCUT2D eigenvalue weighted by Gasteiger charge is -2.09. The Morgan fingerprint density at radius 1 is 1.43 bits per heavy atom. The van der Waals surface area contributed by atoms with Crippen LogP contribution in [0.2, 0.25) is 0 Å². The number of hydrogen-bond donors (Lipinski definition) is 2. The maximum absolute atomic E-state index is 10.0. The molecule has 1 unspecified atom stereocenters. The molecule has 1 heterocycles. The number of rotatable bonds is 2. The second-order valence-electron chi connectivity index (χ2n) is 3.93. The van der Waals surface area contributed by atoms with E-state index in [0.29, 0.717) is 5.92 Å². The molecule has 0 spiro atoms. The van der Waals surface area contributed by atoms with Crippen molar-refractivity contribution in [2.24, 2.45) is 5.92 Å². The first kappa shape index (κ1) is 8.00. The standard InChI is InChI=1S/C11H12N2O/c14-11(7-4-5-7)8-2-1-3-9-10(8)13-6-12-9/h1-3,6-7,11,14H,4-5H2,(H,12,13). The monoisotopic (exact) mass is 188 g/mol. The number of aromatic amines is 1. The highest BCUT2D eigenvalue weighted by Gasteiger charge is 2.31. The van der Waals surface area contributed by atoms with Crippen molar-refractivity contribution in [3.05, 3.63) is 30.1 Å². The summed E-state index contributed by atoms with van der Waals surface area (Å²) in [6.07, 6.45) is 3.62. The first-order valence-electron chi connectivity index (χ1n) is 4.96. The van der Waals surface area contributed by atoms with Gasteiger partial charge in [-0.2, -0.15) is 0 Å². The van der Waals surface area contributed by atoms with Crippen LogP contribution in [0.5, 0.6) is 0 Å². The smallest absolute Gasteiger partial charge is 0.0940 e. The molecule has 1 aromatic heterocycles. The van der Waals surface area contributed by atoms with Gasteiger partial charge in [-0.25, -0.2) is 4.98 Å². The number of aliphatic hydroxyl groups excluding tert-OH is 1. The summed E-state index contributed by atoms with van der Waals surface area (Å²) in [5, 5.41) is 10.0. The minimum atomic E-state index is -0.331. The number of aliphatic hydroxyl groups is 1. The van der Waals surface area contributed by atoms with Crippen LogP contribution in [-0.2, 0) is 0 Å². The zero-order valence-corrected chi connectivity index (χ0v) is 7.77. The molecule has 1 atom stereocenters. The van der Waals surface area contributed by atoms with Crippen molar-refractivity contribution in [2.45, 2.75) is 18.9 Å². The lowest BCUT2D eigenvalue weighted by molar-refractivity contribution is 0.155. The van der Waals surface area contributed by atoms with Gasteiger partial charge in [0.2, 0.25) is 0 Å². The number of nitrogens with one attached hydrogen (secondary N) is 1. The Morgan fingerprint density at radius 2 is 2.29 bits per heavy atom. The number of para-hydroxylation sites is 1. The Labute approximate surface area is 81.8 Å². The number of aromatic nitrogens is 2. The van der Waals surface area contributed by atoms with Gasteiger partial charge in [-0.15, -0.1) is 0 Å². The van der Waals surface area contributed by atoms with E-state index in [4.69, 9.17) is 0 Å². The third-order valence-corrected chi connectivity index (χ3v) is 2.87. The lowest BCUT2D eigenvalue weighted by Crippen LogP contribution is -2.00.